The molecule has 0 amide bonds. The average molecular weight is 264 g/mol. The van der Waals surface area contributed by atoms with Crippen molar-refractivity contribution in [1.82, 2.24) is 0 Å². The molecule has 0 aliphatic heterocycles. The predicted octanol–water partition coefficient (Wildman–Crippen LogP) is 3.80. The van der Waals surface area contributed by atoms with Crippen LogP contribution in [-0.2, 0) is 0 Å². The third-order valence-corrected chi connectivity index (χ3v) is 2.84. The van der Waals surface area contributed by atoms with Crippen LogP contribution in [0.15, 0.2) is 48.5 Å². The van der Waals surface area contributed by atoms with E-state index in [4.69, 9.17) is 10.5 Å². The zero-order valence-electron chi connectivity index (χ0n) is 10.6. The fourth-order valence-electron chi connectivity index (χ4n) is 1.78. The van der Waals surface area contributed by atoms with E-state index in [2.05, 4.69) is 30.3 Å². The summed E-state index contributed by atoms with van der Waals surface area (Å²) >= 11 is 0. The Bertz CT molecular complexity index is 494. The van der Waals surface area contributed by atoms with Gasteiger partial charge >= 0.3 is 0 Å². The van der Waals surface area contributed by atoms with Gasteiger partial charge in [-0.3, -0.25) is 0 Å². The fourth-order valence-corrected chi connectivity index (χ4v) is 1.78. The van der Waals surface area contributed by atoms with E-state index in [0.29, 0.717) is 0 Å². The van der Waals surface area contributed by atoms with Crippen LogP contribution in [-0.4, -0.2) is 7.11 Å². The Balaban J connectivity index is 0.00000162. The van der Waals surface area contributed by atoms with Crippen molar-refractivity contribution < 1.29 is 4.74 Å². The molecule has 2 aromatic carbocycles. The number of halogens is 1. The lowest BCUT2D eigenvalue weighted by molar-refractivity contribution is 0.415. The smallest absolute Gasteiger partial charge is 0.118 e. The quantitative estimate of drug-likeness (QED) is 0.914. The summed E-state index contributed by atoms with van der Waals surface area (Å²) in [6, 6.07) is 16.4. The third-order valence-electron chi connectivity index (χ3n) is 2.84. The number of rotatable bonds is 3. The Kier molecular flexibility index (Phi) is 5.20. The molecular weight excluding hydrogens is 246 g/mol. The number of benzene rings is 2. The molecular formula is C15H18ClNO. The van der Waals surface area contributed by atoms with E-state index in [1.807, 2.05) is 25.1 Å². The van der Waals surface area contributed by atoms with Gasteiger partial charge in [0.05, 0.1) is 7.11 Å². The lowest BCUT2D eigenvalue weighted by atomic mass is 10.0. The van der Waals surface area contributed by atoms with Gasteiger partial charge in [-0.25, -0.2) is 0 Å². The van der Waals surface area contributed by atoms with E-state index < -0.39 is 0 Å². The van der Waals surface area contributed by atoms with Gasteiger partial charge in [-0.05, 0) is 41.8 Å². The molecule has 0 aromatic heterocycles. The van der Waals surface area contributed by atoms with Crippen LogP contribution in [0.25, 0.3) is 11.1 Å². The SMILES string of the molecule is COc1ccc(-c2cccc([C@@H](C)N)c2)cc1.Cl. The Hall–Kier alpha value is -1.51. The van der Waals surface area contributed by atoms with Crippen LogP contribution in [0.4, 0.5) is 0 Å². The number of methoxy groups -OCH3 is 1. The maximum atomic E-state index is 5.89. The fraction of sp³-hybridized carbons (Fsp3) is 0.200. The molecule has 0 aliphatic carbocycles. The summed E-state index contributed by atoms with van der Waals surface area (Å²) in [6.45, 7) is 1.99. The van der Waals surface area contributed by atoms with Gasteiger partial charge in [-0.2, -0.15) is 0 Å². The van der Waals surface area contributed by atoms with Crippen LogP contribution < -0.4 is 10.5 Å². The lowest BCUT2D eigenvalue weighted by Gasteiger charge is -2.09. The molecule has 0 saturated heterocycles. The Morgan fingerprint density at radius 3 is 2.22 bits per heavy atom. The van der Waals surface area contributed by atoms with Crippen LogP contribution >= 0.6 is 12.4 Å². The second-order valence-corrected chi connectivity index (χ2v) is 4.14. The average Bonchev–Trinajstić information content (AvgIpc) is 2.39. The van der Waals surface area contributed by atoms with Crippen molar-refractivity contribution in [1.29, 1.82) is 0 Å². The van der Waals surface area contributed by atoms with Crippen molar-refractivity contribution in [3.8, 4) is 16.9 Å². The molecule has 0 aliphatic rings. The van der Waals surface area contributed by atoms with Crippen molar-refractivity contribution in [3.63, 3.8) is 0 Å². The molecule has 2 nitrogen and oxygen atoms in total. The van der Waals surface area contributed by atoms with E-state index in [-0.39, 0.29) is 18.4 Å². The first kappa shape index (κ1) is 14.6. The minimum atomic E-state index is 0. The van der Waals surface area contributed by atoms with Gasteiger partial charge in [-0.15, -0.1) is 12.4 Å². The van der Waals surface area contributed by atoms with Crippen LogP contribution in [0.2, 0.25) is 0 Å². The van der Waals surface area contributed by atoms with Gasteiger partial charge < -0.3 is 10.5 Å². The van der Waals surface area contributed by atoms with E-state index in [1.54, 1.807) is 7.11 Å². The molecule has 3 heteroatoms. The first-order chi connectivity index (χ1) is 8.20. The summed E-state index contributed by atoms with van der Waals surface area (Å²) in [4.78, 5) is 0. The standard InChI is InChI=1S/C15H17NO.ClH/c1-11(16)13-4-3-5-14(10-13)12-6-8-15(17-2)9-7-12;/h3-11H,16H2,1-2H3;1H/t11-;/m1./s1. The van der Waals surface area contributed by atoms with Crippen molar-refractivity contribution in [3.05, 3.63) is 54.1 Å². The molecule has 0 unspecified atom stereocenters. The second kappa shape index (κ2) is 6.43. The number of ether oxygens (including phenoxy) is 1. The molecule has 96 valence electrons. The molecule has 2 N–H and O–H groups in total. The molecule has 0 bridgehead atoms. The molecule has 18 heavy (non-hydrogen) atoms. The highest BCUT2D eigenvalue weighted by molar-refractivity contribution is 5.85. The number of hydrogen-bond acceptors (Lipinski definition) is 2. The van der Waals surface area contributed by atoms with Crippen LogP contribution in [0.3, 0.4) is 0 Å². The maximum Gasteiger partial charge on any atom is 0.118 e. The summed E-state index contributed by atoms with van der Waals surface area (Å²) < 4.78 is 5.15. The van der Waals surface area contributed by atoms with Crippen molar-refractivity contribution in [2.24, 2.45) is 5.73 Å². The normalized spacial score (nSPS) is 11.5. The van der Waals surface area contributed by atoms with Gasteiger partial charge in [0.15, 0.2) is 0 Å². The number of hydrogen-bond donors (Lipinski definition) is 1. The van der Waals surface area contributed by atoms with Crippen molar-refractivity contribution in [2.75, 3.05) is 7.11 Å². The van der Waals surface area contributed by atoms with Crippen LogP contribution in [0.1, 0.15) is 18.5 Å². The molecule has 2 aromatic rings. The Morgan fingerprint density at radius 1 is 1.00 bits per heavy atom. The largest absolute Gasteiger partial charge is 0.497 e. The highest BCUT2D eigenvalue weighted by Gasteiger charge is 2.02. The van der Waals surface area contributed by atoms with E-state index >= 15 is 0 Å². The first-order valence-corrected chi connectivity index (χ1v) is 5.70. The van der Waals surface area contributed by atoms with E-state index in [9.17, 15) is 0 Å². The van der Waals surface area contributed by atoms with E-state index in [1.165, 1.54) is 11.1 Å². The van der Waals surface area contributed by atoms with Gasteiger partial charge in [-0.1, -0.05) is 30.3 Å². The molecule has 0 heterocycles. The zero-order chi connectivity index (χ0) is 12.3. The Labute approximate surface area is 114 Å². The van der Waals surface area contributed by atoms with Gasteiger partial charge in [0, 0.05) is 6.04 Å². The predicted molar refractivity (Wildman–Crippen MR) is 78.3 cm³/mol. The summed E-state index contributed by atoms with van der Waals surface area (Å²) in [5, 5.41) is 0. The molecule has 1 atom stereocenters. The van der Waals surface area contributed by atoms with Gasteiger partial charge in [0.1, 0.15) is 5.75 Å². The summed E-state index contributed by atoms with van der Waals surface area (Å²) in [7, 11) is 1.67. The topological polar surface area (TPSA) is 35.2 Å². The third kappa shape index (κ3) is 3.25. The molecule has 0 spiro atoms. The van der Waals surface area contributed by atoms with E-state index in [0.717, 1.165) is 11.3 Å². The molecule has 2 rings (SSSR count). The highest BCUT2D eigenvalue weighted by atomic mass is 35.5. The van der Waals surface area contributed by atoms with Gasteiger partial charge in [0.2, 0.25) is 0 Å². The number of nitrogens with two attached hydrogens (primary N) is 1. The molecule has 0 fully saturated rings. The zero-order valence-corrected chi connectivity index (χ0v) is 11.4. The molecule has 0 saturated carbocycles. The van der Waals surface area contributed by atoms with Crippen molar-refractivity contribution >= 4 is 12.4 Å². The van der Waals surface area contributed by atoms with Crippen LogP contribution in [0, 0.1) is 0 Å². The maximum absolute atomic E-state index is 5.89. The Morgan fingerprint density at radius 2 is 1.67 bits per heavy atom. The summed E-state index contributed by atoms with van der Waals surface area (Å²) in [5.74, 6) is 0.872. The minimum Gasteiger partial charge on any atom is -0.497 e. The lowest BCUT2D eigenvalue weighted by Crippen LogP contribution is -2.04. The first-order valence-electron chi connectivity index (χ1n) is 5.70. The summed E-state index contributed by atoms with van der Waals surface area (Å²) in [6.07, 6.45) is 0. The van der Waals surface area contributed by atoms with Gasteiger partial charge in [0.25, 0.3) is 0 Å². The monoisotopic (exact) mass is 263 g/mol. The van der Waals surface area contributed by atoms with Crippen LogP contribution in [0.5, 0.6) is 5.75 Å². The minimum absolute atomic E-state index is 0. The molecule has 0 radical (unpaired) electrons. The second-order valence-electron chi connectivity index (χ2n) is 4.14. The summed E-state index contributed by atoms with van der Waals surface area (Å²) in [5.41, 5.74) is 9.39. The highest BCUT2D eigenvalue weighted by Crippen LogP contribution is 2.24. The van der Waals surface area contributed by atoms with Crippen molar-refractivity contribution in [2.45, 2.75) is 13.0 Å².